The number of thioether (sulfide) groups is 1. The molecule has 0 unspecified atom stereocenters. The van der Waals surface area contributed by atoms with Crippen LogP contribution in [0.1, 0.15) is 23.6 Å². The zero-order valence-electron chi connectivity index (χ0n) is 17.9. The Morgan fingerprint density at radius 1 is 0.967 bits per heavy atom. The highest BCUT2D eigenvalue weighted by Gasteiger charge is 2.42. The van der Waals surface area contributed by atoms with E-state index >= 15 is 0 Å². The topological polar surface area (TPSA) is 50.5 Å². The lowest BCUT2D eigenvalue weighted by atomic mass is 10.1. The first-order chi connectivity index (χ1) is 14.3. The number of hydrogen-bond acceptors (Lipinski definition) is 4. The molecule has 2 heterocycles. The van der Waals surface area contributed by atoms with Gasteiger partial charge in [0.05, 0.1) is 16.6 Å². The van der Waals surface area contributed by atoms with E-state index in [4.69, 9.17) is 0 Å². The predicted molar refractivity (Wildman–Crippen MR) is 124 cm³/mol. The second kappa shape index (κ2) is 7.72. The molecule has 4 rings (SSSR count). The van der Waals surface area contributed by atoms with Crippen molar-refractivity contribution in [2.24, 2.45) is 7.05 Å². The lowest BCUT2D eigenvalue weighted by Crippen LogP contribution is -2.34. The molecule has 156 valence electrons. The van der Waals surface area contributed by atoms with Crippen molar-refractivity contribution in [3.8, 4) is 5.69 Å². The fraction of sp³-hybridized carbons (Fsp3) is 0.304. The number of aromatic nitrogens is 2. The maximum Gasteiger partial charge on any atom is 0.295 e. The van der Waals surface area contributed by atoms with E-state index in [1.807, 2.05) is 99.2 Å². The standard InChI is InChI=1S/C23H26N4O2S/c1-15-20(22(29)27(25(15)5)19-9-7-6-8-10-19)26-21(28)16(2)30-23(26)17-11-13-18(14-12-17)24(3)4/h6-14,16,23H,1-5H3/t16-,23+/m0/s1. The van der Waals surface area contributed by atoms with E-state index < -0.39 is 0 Å². The molecule has 0 radical (unpaired) electrons. The summed E-state index contributed by atoms with van der Waals surface area (Å²) in [6.45, 7) is 3.80. The normalized spacial score (nSPS) is 18.8. The summed E-state index contributed by atoms with van der Waals surface area (Å²) in [6.07, 6.45) is 0. The monoisotopic (exact) mass is 422 g/mol. The zero-order chi connectivity index (χ0) is 21.6. The maximum atomic E-state index is 13.5. The second-order valence-electron chi connectivity index (χ2n) is 7.73. The molecule has 3 aromatic rings. The Morgan fingerprint density at radius 3 is 2.20 bits per heavy atom. The molecule has 0 spiro atoms. The molecule has 1 fully saturated rings. The summed E-state index contributed by atoms with van der Waals surface area (Å²) < 4.78 is 3.44. The summed E-state index contributed by atoms with van der Waals surface area (Å²) in [7, 11) is 5.85. The number of rotatable bonds is 4. The summed E-state index contributed by atoms with van der Waals surface area (Å²) in [4.78, 5) is 30.4. The number of nitrogens with zero attached hydrogens (tertiary/aromatic N) is 4. The minimum absolute atomic E-state index is 0.0345. The van der Waals surface area contributed by atoms with Gasteiger partial charge in [0.25, 0.3) is 5.56 Å². The van der Waals surface area contributed by atoms with Crippen LogP contribution in [0.3, 0.4) is 0 Å². The molecule has 2 aromatic carbocycles. The Balaban J connectivity index is 1.83. The first-order valence-corrected chi connectivity index (χ1v) is 10.9. The number of para-hydroxylation sites is 1. The van der Waals surface area contributed by atoms with Gasteiger partial charge in [-0.1, -0.05) is 30.3 Å². The molecule has 0 bridgehead atoms. The summed E-state index contributed by atoms with van der Waals surface area (Å²) in [5.41, 5.74) is 3.91. The fourth-order valence-electron chi connectivity index (χ4n) is 3.85. The molecule has 30 heavy (non-hydrogen) atoms. The SMILES string of the molecule is Cc1c(N2C(=O)[C@H](C)S[C@@H]2c2ccc(N(C)C)cc2)c(=O)n(-c2ccccc2)n1C. The fourth-order valence-corrected chi connectivity index (χ4v) is 5.11. The van der Waals surface area contributed by atoms with Crippen molar-refractivity contribution in [3.05, 3.63) is 76.2 Å². The first-order valence-electron chi connectivity index (χ1n) is 9.91. The van der Waals surface area contributed by atoms with Crippen LogP contribution in [0.2, 0.25) is 0 Å². The van der Waals surface area contributed by atoms with Crippen LogP contribution in [0.15, 0.2) is 59.4 Å². The number of carbonyl (C=O) groups excluding carboxylic acids is 1. The molecule has 0 saturated carbocycles. The van der Waals surface area contributed by atoms with E-state index in [1.165, 1.54) is 0 Å². The number of hydrogen-bond donors (Lipinski definition) is 0. The third-order valence-electron chi connectivity index (χ3n) is 5.61. The molecule has 0 N–H and O–H groups in total. The van der Waals surface area contributed by atoms with E-state index in [2.05, 4.69) is 0 Å². The molecule has 1 amide bonds. The Hall–Kier alpha value is -2.93. The zero-order valence-corrected chi connectivity index (χ0v) is 18.7. The van der Waals surface area contributed by atoms with Crippen molar-refractivity contribution >= 4 is 29.0 Å². The summed E-state index contributed by atoms with van der Waals surface area (Å²) in [5.74, 6) is -0.0345. The minimum Gasteiger partial charge on any atom is -0.378 e. The summed E-state index contributed by atoms with van der Waals surface area (Å²) in [5, 5.41) is -0.450. The molecular weight excluding hydrogens is 396 g/mol. The van der Waals surface area contributed by atoms with Gasteiger partial charge in [-0.15, -0.1) is 11.8 Å². The van der Waals surface area contributed by atoms with Gasteiger partial charge in [0.1, 0.15) is 11.1 Å². The molecule has 1 aromatic heterocycles. The van der Waals surface area contributed by atoms with Crippen LogP contribution in [-0.4, -0.2) is 34.6 Å². The highest BCUT2D eigenvalue weighted by molar-refractivity contribution is 8.01. The molecular formula is C23H26N4O2S. The largest absolute Gasteiger partial charge is 0.378 e. The smallest absolute Gasteiger partial charge is 0.295 e. The number of amides is 1. The molecule has 6 nitrogen and oxygen atoms in total. The van der Waals surface area contributed by atoms with Crippen molar-refractivity contribution in [1.29, 1.82) is 0 Å². The molecule has 2 atom stereocenters. The molecule has 1 saturated heterocycles. The van der Waals surface area contributed by atoms with Crippen LogP contribution < -0.4 is 15.4 Å². The maximum absolute atomic E-state index is 13.5. The number of carbonyl (C=O) groups is 1. The van der Waals surface area contributed by atoms with Crippen molar-refractivity contribution in [1.82, 2.24) is 9.36 Å². The highest BCUT2D eigenvalue weighted by atomic mass is 32.2. The number of anilines is 2. The van der Waals surface area contributed by atoms with Crippen LogP contribution in [-0.2, 0) is 11.8 Å². The van der Waals surface area contributed by atoms with Crippen molar-refractivity contribution in [3.63, 3.8) is 0 Å². The second-order valence-corrected chi connectivity index (χ2v) is 9.16. The van der Waals surface area contributed by atoms with E-state index in [9.17, 15) is 9.59 Å². The van der Waals surface area contributed by atoms with Crippen LogP contribution >= 0.6 is 11.8 Å². The van der Waals surface area contributed by atoms with E-state index in [1.54, 1.807) is 21.3 Å². The van der Waals surface area contributed by atoms with Crippen molar-refractivity contribution < 1.29 is 4.79 Å². The van der Waals surface area contributed by atoms with Gasteiger partial charge >= 0.3 is 0 Å². The lowest BCUT2D eigenvalue weighted by Gasteiger charge is -2.23. The average Bonchev–Trinajstić information content (AvgIpc) is 3.15. The van der Waals surface area contributed by atoms with Gasteiger partial charge in [0, 0.05) is 26.8 Å². The summed E-state index contributed by atoms with van der Waals surface area (Å²) >= 11 is 1.58. The Labute approximate surface area is 180 Å². The van der Waals surface area contributed by atoms with Gasteiger partial charge < -0.3 is 4.90 Å². The molecule has 7 heteroatoms. The Bertz CT molecular complexity index is 1130. The lowest BCUT2D eigenvalue weighted by molar-refractivity contribution is -0.117. The van der Waals surface area contributed by atoms with Gasteiger partial charge in [0.2, 0.25) is 5.91 Å². The Kier molecular flexibility index (Phi) is 5.24. The summed E-state index contributed by atoms with van der Waals surface area (Å²) in [6, 6.07) is 17.7. The third-order valence-corrected chi connectivity index (χ3v) is 6.96. The van der Waals surface area contributed by atoms with Gasteiger partial charge in [0.15, 0.2) is 0 Å². The van der Waals surface area contributed by atoms with E-state index in [-0.39, 0.29) is 22.1 Å². The van der Waals surface area contributed by atoms with Gasteiger partial charge in [-0.2, -0.15) is 0 Å². The van der Waals surface area contributed by atoms with Crippen LogP contribution in [0, 0.1) is 6.92 Å². The Morgan fingerprint density at radius 2 is 1.60 bits per heavy atom. The van der Waals surface area contributed by atoms with Crippen LogP contribution in [0.25, 0.3) is 5.69 Å². The quantitative estimate of drug-likeness (QED) is 0.643. The minimum atomic E-state index is -0.235. The third kappa shape index (κ3) is 3.23. The van der Waals surface area contributed by atoms with Crippen LogP contribution in [0.4, 0.5) is 11.4 Å². The van der Waals surface area contributed by atoms with E-state index in [0.29, 0.717) is 5.69 Å². The molecule has 1 aliphatic heterocycles. The van der Waals surface area contributed by atoms with Gasteiger partial charge in [-0.05, 0) is 43.7 Å². The van der Waals surface area contributed by atoms with Crippen molar-refractivity contribution in [2.45, 2.75) is 24.5 Å². The first kappa shape index (κ1) is 20.3. The molecule has 0 aliphatic carbocycles. The van der Waals surface area contributed by atoms with Crippen LogP contribution in [0.5, 0.6) is 0 Å². The highest BCUT2D eigenvalue weighted by Crippen LogP contribution is 2.45. The van der Waals surface area contributed by atoms with Gasteiger partial charge in [-0.3, -0.25) is 19.2 Å². The predicted octanol–water partition coefficient (Wildman–Crippen LogP) is 3.72. The number of benzene rings is 2. The van der Waals surface area contributed by atoms with Crippen molar-refractivity contribution in [2.75, 3.05) is 23.9 Å². The molecule has 1 aliphatic rings. The van der Waals surface area contributed by atoms with Gasteiger partial charge in [-0.25, -0.2) is 4.68 Å². The average molecular weight is 423 g/mol. The van der Waals surface area contributed by atoms with E-state index in [0.717, 1.165) is 22.6 Å².